The zero-order valence-corrected chi connectivity index (χ0v) is 15.0. The number of para-hydroxylation sites is 1. The van der Waals surface area contributed by atoms with Gasteiger partial charge in [-0.05, 0) is 37.3 Å². The maximum absolute atomic E-state index is 12.7. The fourth-order valence-electron chi connectivity index (χ4n) is 2.38. The van der Waals surface area contributed by atoms with Gasteiger partial charge in [-0.15, -0.1) is 0 Å². The number of halogens is 1. The average Bonchev–Trinajstić information content (AvgIpc) is 2.95. The summed E-state index contributed by atoms with van der Waals surface area (Å²) in [6.07, 6.45) is 0. The van der Waals surface area contributed by atoms with Gasteiger partial charge in [0.1, 0.15) is 5.82 Å². The minimum absolute atomic E-state index is 0.156. The maximum atomic E-state index is 12.7. The molecule has 0 amide bonds. The smallest absolute Gasteiger partial charge is 0.263 e. The van der Waals surface area contributed by atoms with Gasteiger partial charge in [-0.2, -0.15) is 5.10 Å². The van der Waals surface area contributed by atoms with Gasteiger partial charge in [0, 0.05) is 17.2 Å². The summed E-state index contributed by atoms with van der Waals surface area (Å²) in [5.74, 6) is 0.156. The van der Waals surface area contributed by atoms with Crippen LogP contribution in [0.4, 0.5) is 11.5 Å². The van der Waals surface area contributed by atoms with Crippen LogP contribution in [0.5, 0.6) is 0 Å². The number of hydrogen-bond donors (Lipinski definition) is 1. The molecule has 0 atom stereocenters. The number of nitrogens with one attached hydrogen (secondary N) is 1. The molecule has 2 aromatic carbocycles. The first-order valence-electron chi connectivity index (χ1n) is 7.37. The number of nitrogens with zero attached hydrogens (tertiary/aromatic N) is 3. The van der Waals surface area contributed by atoms with Gasteiger partial charge >= 0.3 is 0 Å². The number of nitro groups is 1. The van der Waals surface area contributed by atoms with Crippen LogP contribution in [0.2, 0.25) is 5.02 Å². The fraction of sp³-hybridized carbons (Fsp3) is 0.0625. The summed E-state index contributed by atoms with van der Waals surface area (Å²) in [4.78, 5) is 9.96. The molecule has 1 aromatic heterocycles. The van der Waals surface area contributed by atoms with Crippen molar-refractivity contribution in [2.24, 2.45) is 0 Å². The summed E-state index contributed by atoms with van der Waals surface area (Å²) >= 11 is 5.87. The molecule has 0 spiro atoms. The molecule has 0 radical (unpaired) electrons. The second kappa shape index (κ2) is 6.77. The van der Waals surface area contributed by atoms with Crippen LogP contribution < -0.4 is 4.72 Å². The van der Waals surface area contributed by atoms with Gasteiger partial charge < -0.3 is 0 Å². The Morgan fingerprint density at radius 1 is 1.15 bits per heavy atom. The summed E-state index contributed by atoms with van der Waals surface area (Å²) in [5, 5.41) is 15.9. The predicted octanol–water partition coefficient (Wildman–Crippen LogP) is 3.54. The van der Waals surface area contributed by atoms with Crippen molar-refractivity contribution >= 4 is 33.1 Å². The maximum Gasteiger partial charge on any atom is 0.289 e. The van der Waals surface area contributed by atoms with Gasteiger partial charge in [0.2, 0.25) is 0 Å². The summed E-state index contributed by atoms with van der Waals surface area (Å²) < 4.78 is 29.1. The molecule has 3 rings (SSSR count). The van der Waals surface area contributed by atoms with Crippen LogP contribution in [0, 0.1) is 17.0 Å². The molecular formula is C16H13ClN4O4S. The number of hydrogen-bond acceptors (Lipinski definition) is 5. The van der Waals surface area contributed by atoms with Gasteiger partial charge in [0.05, 0.1) is 16.3 Å². The Kier molecular flexibility index (Phi) is 4.66. The molecule has 134 valence electrons. The highest BCUT2D eigenvalue weighted by Crippen LogP contribution is 2.27. The van der Waals surface area contributed by atoms with Crippen LogP contribution >= 0.6 is 11.6 Å². The van der Waals surface area contributed by atoms with E-state index < -0.39 is 25.5 Å². The van der Waals surface area contributed by atoms with Crippen LogP contribution in [0.25, 0.3) is 5.69 Å². The Bertz CT molecular complexity index is 1080. The molecule has 10 heteroatoms. The largest absolute Gasteiger partial charge is 0.289 e. The van der Waals surface area contributed by atoms with E-state index in [1.165, 1.54) is 28.9 Å². The van der Waals surface area contributed by atoms with Crippen LogP contribution in [-0.4, -0.2) is 23.1 Å². The Balaban J connectivity index is 2.04. The topological polar surface area (TPSA) is 107 Å². The second-order valence-corrected chi connectivity index (χ2v) is 7.48. The van der Waals surface area contributed by atoms with Crippen molar-refractivity contribution < 1.29 is 13.3 Å². The molecule has 1 heterocycles. The van der Waals surface area contributed by atoms with E-state index in [9.17, 15) is 18.5 Å². The van der Waals surface area contributed by atoms with Crippen LogP contribution in [-0.2, 0) is 10.0 Å². The Hall–Kier alpha value is -2.91. The van der Waals surface area contributed by atoms with Crippen molar-refractivity contribution in [3.8, 4) is 5.69 Å². The molecule has 0 saturated heterocycles. The van der Waals surface area contributed by atoms with E-state index in [2.05, 4.69) is 9.82 Å². The first kappa shape index (κ1) is 17.9. The van der Waals surface area contributed by atoms with Gasteiger partial charge in [-0.1, -0.05) is 23.7 Å². The first-order chi connectivity index (χ1) is 12.3. The van der Waals surface area contributed by atoms with Crippen molar-refractivity contribution in [2.45, 2.75) is 11.8 Å². The van der Waals surface area contributed by atoms with E-state index in [-0.39, 0.29) is 5.82 Å². The van der Waals surface area contributed by atoms with Crippen LogP contribution in [0.3, 0.4) is 0 Å². The summed E-state index contributed by atoms with van der Waals surface area (Å²) in [6, 6.07) is 13.3. The number of nitro benzene ring substituents is 1. The lowest BCUT2D eigenvalue weighted by Crippen LogP contribution is -2.17. The molecule has 0 aliphatic carbocycles. The van der Waals surface area contributed by atoms with Crippen molar-refractivity contribution in [3.05, 3.63) is 75.4 Å². The quantitative estimate of drug-likeness (QED) is 0.527. The number of benzene rings is 2. The highest BCUT2D eigenvalue weighted by atomic mass is 35.5. The van der Waals surface area contributed by atoms with Gasteiger partial charge in [0.25, 0.3) is 15.7 Å². The lowest BCUT2D eigenvalue weighted by molar-refractivity contribution is -0.387. The normalized spacial score (nSPS) is 11.3. The molecule has 0 fully saturated rings. The standard InChI is InChI=1S/C16H13ClN4O4S/c1-11-10-16(20(18-11)13-8-6-12(17)7-9-13)19-26(24,25)15-5-3-2-4-14(15)21(22)23/h2-10,19H,1H3. The second-order valence-electron chi connectivity index (χ2n) is 5.39. The molecule has 26 heavy (non-hydrogen) atoms. The first-order valence-corrected chi connectivity index (χ1v) is 9.23. The minimum atomic E-state index is -4.19. The van der Waals surface area contributed by atoms with Crippen LogP contribution in [0.1, 0.15) is 5.69 Å². The van der Waals surface area contributed by atoms with Crippen molar-refractivity contribution in [1.29, 1.82) is 0 Å². The average molecular weight is 393 g/mol. The van der Waals surface area contributed by atoms with Crippen molar-refractivity contribution in [3.63, 3.8) is 0 Å². The SMILES string of the molecule is Cc1cc(NS(=O)(=O)c2ccccc2[N+](=O)[O-])n(-c2ccc(Cl)cc2)n1. The van der Waals surface area contributed by atoms with E-state index in [4.69, 9.17) is 11.6 Å². The van der Waals surface area contributed by atoms with Crippen molar-refractivity contribution in [2.75, 3.05) is 4.72 Å². The third-order valence-corrected chi connectivity index (χ3v) is 5.15. The highest BCUT2D eigenvalue weighted by molar-refractivity contribution is 7.92. The molecule has 0 aliphatic rings. The Morgan fingerprint density at radius 2 is 1.81 bits per heavy atom. The molecule has 0 saturated carbocycles. The third-order valence-electron chi connectivity index (χ3n) is 3.49. The van der Waals surface area contributed by atoms with E-state index in [1.807, 2.05) is 0 Å². The van der Waals surface area contributed by atoms with E-state index >= 15 is 0 Å². The number of aromatic nitrogens is 2. The monoisotopic (exact) mass is 392 g/mol. The van der Waals surface area contributed by atoms with Gasteiger partial charge in [0.15, 0.2) is 4.90 Å². The highest BCUT2D eigenvalue weighted by Gasteiger charge is 2.26. The summed E-state index contributed by atoms with van der Waals surface area (Å²) in [5.41, 5.74) is 0.650. The lowest BCUT2D eigenvalue weighted by Gasteiger charge is -2.11. The number of sulfonamides is 1. The zero-order valence-electron chi connectivity index (χ0n) is 13.5. The van der Waals surface area contributed by atoms with Crippen LogP contribution in [0.15, 0.2) is 59.5 Å². The molecule has 0 unspecified atom stereocenters. The van der Waals surface area contributed by atoms with Gasteiger partial charge in [-0.25, -0.2) is 13.1 Å². The summed E-state index contributed by atoms with van der Waals surface area (Å²) in [6.45, 7) is 1.70. The number of rotatable bonds is 5. The molecule has 3 aromatic rings. The van der Waals surface area contributed by atoms with E-state index in [0.29, 0.717) is 16.4 Å². The third kappa shape index (κ3) is 3.53. The molecule has 1 N–H and O–H groups in total. The zero-order chi connectivity index (χ0) is 18.9. The number of anilines is 1. The lowest BCUT2D eigenvalue weighted by atomic mass is 10.3. The van der Waals surface area contributed by atoms with E-state index in [1.54, 1.807) is 31.2 Å². The predicted molar refractivity (Wildman–Crippen MR) is 97.2 cm³/mol. The van der Waals surface area contributed by atoms with Gasteiger partial charge in [-0.3, -0.25) is 14.8 Å². The summed E-state index contributed by atoms with van der Waals surface area (Å²) in [7, 11) is -4.19. The fourth-order valence-corrected chi connectivity index (χ4v) is 3.71. The van der Waals surface area contributed by atoms with Crippen molar-refractivity contribution in [1.82, 2.24) is 9.78 Å². The molecule has 0 aliphatic heterocycles. The minimum Gasteiger partial charge on any atom is -0.263 e. The molecule has 0 bridgehead atoms. The molecular weight excluding hydrogens is 380 g/mol. The number of aryl methyl sites for hydroxylation is 1. The Labute approximate surface area is 154 Å². The van der Waals surface area contributed by atoms with E-state index in [0.717, 1.165) is 6.07 Å². The Morgan fingerprint density at radius 3 is 2.46 bits per heavy atom. The molecule has 8 nitrogen and oxygen atoms in total.